The first-order valence-electron chi connectivity index (χ1n) is 11.6. The first kappa shape index (κ1) is 23.2. The first-order valence-corrected chi connectivity index (χ1v) is 11.6. The van der Waals surface area contributed by atoms with Crippen LogP contribution in [-0.4, -0.2) is 47.1 Å². The quantitative estimate of drug-likeness (QED) is 0.597. The number of carbonyl (C=O) groups excluding carboxylic acids is 1. The van der Waals surface area contributed by atoms with Gasteiger partial charge in [0, 0.05) is 24.7 Å². The zero-order chi connectivity index (χ0) is 25.1. The molecule has 5 rings (SSSR count). The Morgan fingerprint density at radius 2 is 2.22 bits per heavy atom. The molecule has 36 heavy (non-hydrogen) atoms. The number of ether oxygens (including phenoxy) is 3. The van der Waals surface area contributed by atoms with Gasteiger partial charge in [-0.2, -0.15) is 5.26 Å². The smallest absolute Gasteiger partial charge is 0.291 e. The number of likely N-dealkylation sites (tertiary alicyclic amines) is 1. The van der Waals surface area contributed by atoms with E-state index < -0.39 is 0 Å². The molecular formula is C26H25N5O5. The number of aryl methyl sites for hydroxylation is 1. The van der Waals surface area contributed by atoms with E-state index in [-0.39, 0.29) is 23.7 Å². The number of anilines is 1. The summed E-state index contributed by atoms with van der Waals surface area (Å²) in [5.74, 6) is 1.75. The fourth-order valence-corrected chi connectivity index (χ4v) is 4.34. The van der Waals surface area contributed by atoms with Crippen LogP contribution < -0.4 is 9.64 Å². The van der Waals surface area contributed by atoms with Crippen LogP contribution in [0.5, 0.6) is 5.88 Å². The van der Waals surface area contributed by atoms with E-state index in [4.69, 9.17) is 18.6 Å². The van der Waals surface area contributed by atoms with Gasteiger partial charge in [0.1, 0.15) is 35.5 Å². The number of carbonyl (C=O) groups is 1. The van der Waals surface area contributed by atoms with E-state index in [0.717, 1.165) is 24.2 Å². The van der Waals surface area contributed by atoms with Crippen LogP contribution in [0.15, 0.2) is 71.0 Å². The summed E-state index contributed by atoms with van der Waals surface area (Å²) >= 11 is 0. The van der Waals surface area contributed by atoms with Gasteiger partial charge in [0.25, 0.3) is 5.91 Å². The largest absolute Gasteiger partial charge is 0.488 e. The van der Waals surface area contributed by atoms with E-state index in [9.17, 15) is 10.1 Å². The van der Waals surface area contributed by atoms with Crippen LogP contribution in [0.2, 0.25) is 0 Å². The molecule has 0 saturated carbocycles. The van der Waals surface area contributed by atoms with E-state index in [1.54, 1.807) is 36.5 Å². The van der Waals surface area contributed by atoms with Crippen LogP contribution >= 0.6 is 0 Å². The van der Waals surface area contributed by atoms with Gasteiger partial charge in [-0.1, -0.05) is 6.08 Å². The second kappa shape index (κ2) is 10.00. The third kappa shape index (κ3) is 4.55. The number of allylic oxidation sites excluding steroid dienone is 3. The van der Waals surface area contributed by atoms with Gasteiger partial charge in [0.15, 0.2) is 6.39 Å². The first-order chi connectivity index (χ1) is 17.6. The number of aromatic nitrogens is 2. The van der Waals surface area contributed by atoms with E-state index in [0.29, 0.717) is 42.2 Å². The van der Waals surface area contributed by atoms with Crippen LogP contribution in [0.1, 0.15) is 41.1 Å². The molecule has 2 aliphatic heterocycles. The molecule has 0 spiro atoms. The van der Waals surface area contributed by atoms with Crippen LogP contribution in [-0.2, 0) is 9.47 Å². The molecule has 0 bridgehead atoms. The Labute approximate surface area is 208 Å². The van der Waals surface area contributed by atoms with Crippen molar-refractivity contribution in [3.8, 4) is 11.9 Å². The summed E-state index contributed by atoms with van der Waals surface area (Å²) in [5, 5.41) is 9.41. The summed E-state index contributed by atoms with van der Waals surface area (Å²) in [5.41, 5.74) is 2.56. The molecule has 0 radical (unpaired) electrons. The molecule has 10 heteroatoms. The number of nitrogens with zero attached hydrogens (tertiary/aromatic N) is 5. The van der Waals surface area contributed by atoms with Crippen molar-refractivity contribution in [1.29, 1.82) is 5.26 Å². The molecule has 10 nitrogen and oxygen atoms in total. The minimum Gasteiger partial charge on any atom is -0.488 e. The molecule has 1 aliphatic carbocycles. The lowest BCUT2D eigenvalue weighted by molar-refractivity contribution is 0.0712. The minimum absolute atomic E-state index is 0.148. The lowest BCUT2D eigenvalue weighted by atomic mass is 10.0. The number of amides is 1. The third-order valence-electron chi connectivity index (χ3n) is 6.21. The van der Waals surface area contributed by atoms with Crippen LogP contribution in [0.4, 0.5) is 5.69 Å². The van der Waals surface area contributed by atoms with Gasteiger partial charge >= 0.3 is 0 Å². The molecule has 1 amide bonds. The maximum absolute atomic E-state index is 12.8. The molecule has 0 N–H and O–H groups in total. The van der Waals surface area contributed by atoms with Gasteiger partial charge in [0.2, 0.25) is 11.6 Å². The lowest BCUT2D eigenvalue weighted by Crippen LogP contribution is -2.30. The number of nitriles is 1. The number of hydrogen-bond acceptors (Lipinski definition) is 9. The van der Waals surface area contributed by atoms with Crippen molar-refractivity contribution in [1.82, 2.24) is 14.9 Å². The van der Waals surface area contributed by atoms with Gasteiger partial charge in [-0.25, -0.2) is 9.97 Å². The SMILES string of the molecule is COc1ncc(N2C=COC(C3=C(O[C@H]4CCN(C(=O)c5ocnc5C)C4)C=CCC3)=C2)cc1C#N. The molecule has 0 unspecified atom stereocenters. The molecular weight excluding hydrogens is 462 g/mol. The third-order valence-corrected chi connectivity index (χ3v) is 6.21. The van der Waals surface area contributed by atoms with Crippen molar-refractivity contribution < 1.29 is 23.4 Å². The predicted octanol–water partition coefficient (Wildman–Crippen LogP) is 3.94. The standard InChI is InChI=1S/C26H25N5O5/c1-17-24(35-16-29-17)26(32)31-8-7-20(14-31)36-22-6-4-3-5-21(22)23-15-30(9-10-34-23)19-11-18(12-27)25(33-2)28-13-19/h4,6,9-11,13,15-16,20H,3,5,7-8,14H2,1-2H3/t20-/m0/s1. The maximum atomic E-state index is 12.8. The zero-order valence-electron chi connectivity index (χ0n) is 20.0. The summed E-state index contributed by atoms with van der Waals surface area (Å²) in [6.45, 7) is 2.80. The fraction of sp³-hybridized carbons (Fsp3) is 0.308. The molecule has 4 heterocycles. The summed E-state index contributed by atoms with van der Waals surface area (Å²) in [7, 11) is 1.48. The topological polar surface area (TPSA) is 114 Å². The number of pyridine rings is 1. The molecule has 184 valence electrons. The molecule has 2 aromatic rings. The Bertz CT molecular complexity index is 1330. The van der Waals surface area contributed by atoms with Crippen molar-refractivity contribution in [3.63, 3.8) is 0 Å². The number of hydrogen-bond donors (Lipinski definition) is 0. The van der Waals surface area contributed by atoms with Crippen LogP contribution in [0.3, 0.4) is 0 Å². The Kier molecular flexibility index (Phi) is 6.45. The highest BCUT2D eigenvalue weighted by atomic mass is 16.5. The van der Waals surface area contributed by atoms with Gasteiger partial charge < -0.3 is 28.4 Å². The summed E-state index contributed by atoms with van der Waals surface area (Å²) in [4.78, 5) is 24.6. The molecule has 1 saturated heterocycles. The average molecular weight is 488 g/mol. The number of methoxy groups -OCH3 is 1. The summed E-state index contributed by atoms with van der Waals surface area (Å²) < 4.78 is 22.6. The second-order valence-electron chi connectivity index (χ2n) is 8.50. The van der Waals surface area contributed by atoms with Crippen LogP contribution in [0.25, 0.3) is 0 Å². The van der Waals surface area contributed by atoms with Gasteiger partial charge in [-0.15, -0.1) is 0 Å². The van der Waals surface area contributed by atoms with E-state index in [1.165, 1.54) is 13.5 Å². The van der Waals surface area contributed by atoms with E-state index in [1.807, 2.05) is 17.2 Å². The molecule has 1 atom stereocenters. The normalized spacial score (nSPS) is 19.1. The monoisotopic (exact) mass is 487 g/mol. The Hall–Kier alpha value is -4.52. The highest BCUT2D eigenvalue weighted by molar-refractivity contribution is 5.92. The van der Waals surface area contributed by atoms with Crippen molar-refractivity contribution in [3.05, 3.63) is 83.6 Å². The zero-order valence-corrected chi connectivity index (χ0v) is 20.0. The second-order valence-corrected chi connectivity index (χ2v) is 8.50. The van der Waals surface area contributed by atoms with Crippen molar-refractivity contribution in [2.45, 2.75) is 32.3 Å². The van der Waals surface area contributed by atoms with Crippen molar-refractivity contribution in [2.24, 2.45) is 0 Å². The summed E-state index contributed by atoms with van der Waals surface area (Å²) in [6, 6.07) is 3.82. The van der Waals surface area contributed by atoms with Crippen LogP contribution in [0, 0.1) is 18.3 Å². The van der Waals surface area contributed by atoms with E-state index >= 15 is 0 Å². The molecule has 1 fully saturated rings. The molecule has 3 aliphatic rings. The predicted molar refractivity (Wildman–Crippen MR) is 128 cm³/mol. The van der Waals surface area contributed by atoms with Gasteiger partial charge in [-0.05, 0) is 31.9 Å². The summed E-state index contributed by atoms with van der Waals surface area (Å²) in [6.07, 6.45) is 14.3. The molecule has 2 aromatic heterocycles. The lowest BCUT2D eigenvalue weighted by Gasteiger charge is -2.26. The Balaban J connectivity index is 1.34. The van der Waals surface area contributed by atoms with Gasteiger partial charge in [-0.3, -0.25) is 4.79 Å². The van der Waals surface area contributed by atoms with Gasteiger partial charge in [0.05, 0.1) is 37.4 Å². The Morgan fingerprint density at radius 3 is 3.00 bits per heavy atom. The fourth-order valence-electron chi connectivity index (χ4n) is 4.34. The van der Waals surface area contributed by atoms with Crippen molar-refractivity contribution in [2.75, 3.05) is 25.1 Å². The molecule has 0 aromatic carbocycles. The highest BCUT2D eigenvalue weighted by Crippen LogP contribution is 2.33. The van der Waals surface area contributed by atoms with E-state index in [2.05, 4.69) is 22.1 Å². The maximum Gasteiger partial charge on any atom is 0.291 e. The Morgan fingerprint density at radius 1 is 1.33 bits per heavy atom. The minimum atomic E-state index is -0.173. The number of oxazole rings is 1. The van der Waals surface area contributed by atoms with Crippen molar-refractivity contribution >= 4 is 11.6 Å². The highest BCUT2D eigenvalue weighted by Gasteiger charge is 2.32. The average Bonchev–Trinajstić information content (AvgIpc) is 3.57. The number of rotatable bonds is 6.